The van der Waals surface area contributed by atoms with Gasteiger partial charge in [0.25, 0.3) is 0 Å². The summed E-state index contributed by atoms with van der Waals surface area (Å²) in [4.78, 5) is 2.46. The van der Waals surface area contributed by atoms with Gasteiger partial charge in [-0.15, -0.1) is 11.3 Å². The average Bonchev–Trinajstić information content (AvgIpc) is 2.81. The van der Waals surface area contributed by atoms with Crippen LogP contribution in [0.5, 0.6) is 0 Å². The van der Waals surface area contributed by atoms with Crippen molar-refractivity contribution in [2.75, 3.05) is 0 Å². The molecule has 2 aromatic rings. The lowest BCUT2D eigenvalue weighted by molar-refractivity contribution is -0.137. The van der Waals surface area contributed by atoms with E-state index in [0.717, 1.165) is 35.8 Å². The van der Waals surface area contributed by atoms with Gasteiger partial charge in [-0.1, -0.05) is 19.9 Å². The Bertz CT molecular complexity index is 772. The standard InChI is InChI=1S/C19H22F3NS/c1-11-15-9-18(2,3)7-6-16(15)24-17(11)14-5-4-13(19(20,21)22)8-12(14)10-23/h4-5,8H,6-7,9-10,23H2,1-3H3. The van der Waals surface area contributed by atoms with E-state index in [2.05, 4.69) is 20.8 Å². The first kappa shape index (κ1) is 17.5. The average molecular weight is 353 g/mol. The first-order valence-corrected chi connectivity index (χ1v) is 8.96. The van der Waals surface area contributed by atoms with Crippen LogP contribution in [0.2, 0.25) is 0 Å². The summed E-state index contributed by atoms with van der Waals surface area (Å²) in [6.45, 7) is 6.74. The Balaban J connectivity index is 2.09. The molecule has 24 heavy (non-hydrogen) atoms. The summed E-state index contributed by atoms with van der Waals surface area (Å²) in [5, 5.41) is 0. The Kier molecular flexibility index (Phi) is 4.29. The lowest BCUT2D eigenvalue weighted by atomic mass is 9.76. The van der Waals surface area contributed by atoms with Crippen molar-refractivity contribution in [3.05, 3.63) is 45.3 Å². The van der Waals surface area contributed by atoms with Crippen LogP contribution in [0.15, 0.2) is 18.2 Å². The highest BCUT2D eigenvalue weighted by molar-refractivity contribution is 7.16. The minimum absolute atomic E-state index is 0.104. The van der Waals surface area contributed by atoms with Gasteiger partial charge in [-0.3, -0.25) is 0 Å². The van der Waals surface area contributed by atoms with Gasteiger partial charge < -0.3 is 5.73 Å². The third-order valence-electron chi connectivity index (χ3n) is 4.94. The van der Waals surface area contributed by atoms with Crippen LogP contribution >= 0.6 is 11.3 Å². The maximum Gasteiger partial charge on any atom is 0.416 e. The van der Waals surface area contributed by atoms with E-state index in [9.17, 15) is 13.2 Å². The zero-order chi connectivity index (χ0) is 17.7. The number of aryl methyl sites for hydroxylation is 1. The number of rotatable bonds is 2. The molecular formula is C19H22F3NS. The molecule has 0 atom stereocenters. The quantitative estimate of drug-likeness (QED) is 0.734. The molecule has 1 aromatic carbocycles. The van der Waals surface area contributed by atoms with Crippen molar-refractivity contribution < 1.29 is 13.2 Å². The van der Waals surface area contributed by atoms with E-state index in [0.29, 0.717) is 5.56 Å². The van der Waals surface area contributed by atoms with E-state index < -0.39 is 11.7 Å². The fourth-order valence-electron chi connectivity index (χ4n) is 3.48. The molecule has 0 fully saturated rings. The van der Waals surface area contributed by atoms with Crippen molar-refractivity contribution >= 4 is 11.3 Å². The molecule has 0 radical (unpaired) electrons. The van der Waals surface area contributed by atoms with Crippen LogP contribution in [0.1, 0.15) is 47.4 Å². The van der Waals surface area contributed by atoms with Gasteiger partial charge in [0, 0.05) is 16.3 Å². The van der Waals surface area contributed by atoms with E-state index in [-0.39, 0.29) is 12.0 Å². The second-order valence-corrected chi connectivity index (χ2v) is 8.48. The van der Waals surface area contributed by atoms with Crippen LogP contribution in [0, 0.1) is 12.3 Å². The molecule has 2 N–H and O–H groups in total. The first-order valence-electron chi connectivity index (χ1n) is 8.14. The molecule has 0 spiro atoms. The molecule has 0 amide bonds. The summed E-state index contributed by atoms with van der Waals surface area (Å²) in [5.74, 6) is 0. The van der Waals surface area contributed by atoms with Gasteiger partial charge in [0.2, 0.25) is 0 Å². The summed E-state index contributed by atoms with van der Waals surface area (Å²) >= 11 is 1.72. The SMILES string of the molecule is Cc1c(-c2ccc(C(F)(F)F)cc2CN)sc2c1CC(C)(C)CC2. The van der Waals surface area contributed by atoms with Crippen molar-refractivity contribution in [2.24, 2.45) is 11.1 Å². The minimum Gasteiger partial charge on any atom is -0.326 e. The summed E-state index contributed by atoms with van der Waals surface area (Å²) in [6.07, 6.45) is -1.11. The topological polar surface area (TPSA) is 26.0 Å². The van der Waals surface area contributed by atoms with Gasteiger partial charge in [-0.2, -0.15) is 13.2 Å². The van der Waals surface area contributed by atoms with Gasteiger partial charge in [-0.25, -0.2) is 0 Å². The number of fused-ring (bicyclic) bond motifs is 1. The Labute approximate surface area is 144 Å². The van der Waals surface area contributed by atoms with Crippen molar-refractivity contribution in [3.63, 3.8) is 0 Å². The molecule has 130 valence electrons. The highest BCUT2D eigenvalue weighted by atomic mass is 32.1. The van der Waals surface area contributed by atoms with Crippen molar-refractivity contribution in [1.29, 1.82) is 0 Å². The monoisotopic (exact) mass is 353 g/mol. The highest BCUT2D eigenvalue weighted by Gasteiger charge is 2.32. The summed E-state index contributed by atoms with van der Waals surface area (Å²) < 4.78 is 38.9. The van der Waals surface area contributed by atoms with Crippen LogP contribution in [-0.2, 0) is 25.6 Å². The molecule has 0 saturated heterocycles. The lowest BCUT2D eigenvalue weighted by Crippen LogP contribution is -2.21. The normalized spacial score (nSPS) is 17.0. The molecule has 0 unspecified atom stereocenters. The molecule has 5 heteroatoms. The molecule has 1 heterocycles. The molecule has 1 aromatic heterocycles. The van der Waals surface area contributed by atoms with E-state index in [1.54, 1.807) is 17.4 Å². The smallest absolute Gasteiger partial charge is 0.326 e. The van der Waals surface area contributed by atoms with Crippen molar-refractivity contribution in [2.45, 2.75) is 52.8 Å². The molecule has 0 aliphatic heterocycles. The number of nitrogens with two attached hydrogens (primary N) is 1. The highest BCUT2D eigenvalue weighted by Crippen LogP contribution is 2.45. The Hall–Kier alpha value is -1.33. The minimum atomic E-state index is -4.34. The zero-order valence-corrected chi connectivity index (χ0v) is 15.0. The van der Waals surface area contributed by atoms with E-state index >= 15 is 0 Å². The Morgan fingerprint density at radius 3 is 2.58 bits per heavy atom. The Morgan fingerprint density at radius 1 is 1.25 bits per heavy atom. The van der Waals surface area contributed by atoms with Crippen LogP contribution in [-0.4, -0.2) is 0 Å². The van der Waals surface area contributed by atoms with Gasteiger partial charge in [-0.05, 0) is 66.0 Å². The molecule has 0 saturated carbocycles. The second-order valence-electron chi connectivity index (χ2n) is 7.37. The molecule has 1 nitrogen and oxygen atoms in total. The van der Waals surface area contributed by atoms with Gasteiger partial charge >= 0.3 is 6.18 Å². The molecular weight excluding hydrogens is 331 g/mol. The van der Waals surface area contributed by atoms with E-state index in [1.807, 2.05) is 0 Å². The zero-order valence-electron chi connectivity index (χ0n) is 14.2. The first-order chi connectivity index (χ1) is 11.1. The largest absolute Gasteiger partial charge is 0.416 e. The third kappa shape index (κ3) is 3.11. The van der Waals surface area contributed by atoms with Crippen molar-refractivity contribution in [3.8, 4) is 10.4 Å². The van der Waals surface area contributed by atoms with Gasteiger partial charge in [0.05, 0.1) is 5.56 Å². The predicted molar refractivity (Wildman–Crippen MR) is 93.2 cm³/mol. The predicted octanol–water partition coefficient (Wildman–Crippen LogP) is 5.72. The van der Waals surface area contributed by atoms with Gasteiger partial charge in [0.15, 0.2) is 0 Å². The maximum atomic E-state index is 13.0. The number of hydrogen-bond acceptors (Lipinski definition) is 2. The van der Waals surface area contributed by atoms with Gasteiger partial charge in [0.1, 0.15) is 0 Å². The number of benzene rings is 1. The third-order valence-corrected chi connectivity index (χ3v) is 6.36. The van der Waals surface area contributed by atoms with Crippen LogP contribution < -0.4 is 5.73 Å². The molecule has 1 aliphatic carbocycles. The molecule has 3 rings (SSSR count). The van der Waals surface area contributed by atoms with Crippen LogP contribution in [0.4, 0.5) is 13.2 Å². The number of alkyl halides is 3. The molecule has 0 bridgehead atoms. The van der Waals surface area contributed by atoms with Crippen molar-refractivity contribution in [1.82, 2.24) is 0 Å². The van der Waals surface area contributed by atoms with Crippen LogP contribution in [0.3, 0.4) is 0 Å². The number of halogens is 3. The molecule has 1 aliphatic rings. The second kappa shape index (κ2) is 5.88. The van der Waals surface area contributed by atoms with E-state index in [1.165, 1.54) is 22.1 Å². The Morgan fingerprint density at radius 2 is 1.96 bits per heavy atom. The number of thiophene rings is 1. The summed E-state index contributed by atoms with van der Waals surface area (Å²) in [6, 6.07) is 3.94. The van der Waals surface area contributed by atoms with Crippen LogP contribution in [0.25, 0.3) is 10.4 Å². The number of hydrogen-bond donors (Lipinski definition) is 1. The summed E-state index contributed by atoms with van der Waals surface area (Å²) in [5.41, 5.74) is 9.40. The maximum absolute atomic E-state index is 13.0. The fraction of sp³-hybridized carbons (Fsp3) is 0.474. The fourth-order valence-corrected chi connectivity index (χ4v) is 4.86. The lowest BCUT2D eigenvalue weighted by Gasteiger charge is -2.29. The summed E-state index contributed by atoms with van der Waals surface area (Å²) in [7, 11) is 0. The van der Waals surface area contributed by atoms with E-state index in [4.69, 9.17) is 5.73 Å².